The van der Waals surface area contributed by atoms with Gasteiger partial charge in [0.05, 0.1) is 0 Å². The van der Waals surface area contributed by atoms with Crippen LogP contribution in [0.2, 0.25) is 0 Å². The van der Waals surface area contributed by atoms with Gasteiger partial charge < -0.3 is 21.8 Å². The van der Waals surface area contributed by atoms with Crippen molar-refractivity contribution >= 4 is 7.25 Å². The summed E-state index contributed by atoms with van der Waals surface area (Å²) in [6.45, 7) is 3.38. The standard InChI is InChI=1S/C8H13N.C5H5N.BF4/c1-2-3-6-9-7-4-5-8-9;1-2-4-6-5-3-1;2-1(3,4)5/h4-5,7-8H,2-3,6H2,1H3;1-5H;/q;;-1. The summed E-state index contributed by atoms with van der Waals surface area (Å²) in [4.78, 5) is 3.78. The molecule has 2 rings (SSSR count). The van der Waals surface area contributed by atoms with Crippen molar-refractivity contribution in [1.82, 2.24) is 9.55 Å². The minimum atomic E-state index is -6.00. The number of hydrogen-bond acceptors (Lipinski definition) is 1. The van der Waals surface area contributed by atoms with E-state index in [0.29, 0.717) is 0 Å². The molecule has 0 atom stereocenters. The molecule has 0 unspecified atom stereocenters. The van der Waals surface area contributed by atoms with Gasteiger partial charge in [-0.2, -0.15) is 0 Å². The fourth-order valence-corrected chi connectivity index (χ4v) is 1.17. The Balaban J connectivity index is 0.000000288. The van der Waals surface area contributed by atoms with Gasteiger partial charge in [-0.05, 0) is 30.7 Å². The highest BCUT2D eigenvalue weighted by molar-refractivity contribution is 6.50. The summed E-state index contributed by atoms with van der Waals surface area (Å²) in [6.07, 6.45) is 10.3. The van der Waals surface area contributed by atoms with Gasteiger partial charge in [0.15, 0.2) is 0 Å². The van der Waals surface area contributed by atoms with Gasteiger partial charge in [-0.25, -0.2) is 0 Å². The fourth-order valence-electron chi connectivity index (χ4n) is 1.17. The highest BCUT2D eigenvalue weighted by Gasteiger charge is 2.20. The monoisotopic (exact) mass is 289 g/mol. The Morgan fingerprint density at radius 1 is 0.900 bits per heavy atom. The van der Waals surface area contributed by atoms with Crippen LogP contribution in [0, 0.1) is 0 Å². The summed E-state index contributed by atoms with van der Waals surface area (Å²) in [5, 5.41) is 0. The van der Waals surface area contributed by atoms with Gasteiger partial charge in [-0.1, -0.05) is 19.4 Å². The van der Waals surface area contributed by atoms with Gasteiger partial charge in [0.1, 0.15) is 0 Å². The Morgan fingerprint density at radius 3 is 1.70 bits per heavy atom. The molecule has 0 radical (unpaired) electrons. The minimum absolute atomic E-state index is 1.17. The maximum Gasteiger partial charge on any atom is 0.673 e. The first-order valence-corrected chi connectivity index (χ1v) is 6.26. The molecule has 0 fully saturated rings. The molecule has 2 aromatic heterocycles. The number of pyridine rings is 1. The Bertz CT molecular complexity index is 371. The molecule has 0 aliphatic heterocycles. The second-order valence-electron chi connectivity index (χ2n) is 3.79. The van der Waals surface area contributed by atoms with Crippen LogP contribution in [-0.2, 0) is 6.54 Å². The third-order valence-corrected chi connectivity index (χ3v) is 2.00. The zero-order valence-corrected chi connectivity index (χ0v) is 11.3. The summed E-state index contributed by atoms with van der Waals surface area (Å²) < 4.78 is 41.2. The van der Waals surface area contributed by atoms with Gasteiger partial charge in [0.2, 0.25) is 0 Å². The van der Waals surface area contributed by atoms with E-state index in [2.05, 4.69) is 41.0 Å². The maximum absolute atomic E-state index is 9.75. The van der Waals surface area contributed by atoms with Crippen LogP contribution in [0.5, 0.6) is 0 Å². The summed E-state index contributed by atoms with van der Waals surface area (Å²) in [6, 6.07) is 9.85. The molecule has 2 nitrogen and oxygen atoms in total. The summed E-state index contributed by atoms with van der Waals surface area (Å²) >= 11 is 0. The van der Waals surface area contributed by atoms with Crippen LogP contribution in [0.4, 0.5) is 17.3 Å². The highest BCUT2D eigenvalue weighted by atomic mass is 19.5. The molecular formula is C13H18BF4N2-. The minimum Gasteiger partial charge on any atom is -0.418 e. The Hall–Kier alpha value is -1.79. The van der Waals surface area contributed by atoms with Crippen molar-refractivity contribution in [3.8, 4) is 0 Å². The smallest absolute Gasteiger partial charge is 0.418 e. The third kappa shape index (κ3) is 16.2. The van der Waals surface area contributed by atoms with Crippen LogP contribution in [0.15, 0.2) is 55.1 Å². The normalized spacial score (nSPS) is 9.85. The third-order valence-electron chi connectivity index (χ3n) is 2.00. The van der Waals surface area contributed by atoms with Crippen molar-refractivity contribution in [2.45, 2.75) is 26.3 Å². The molecule has 2 heterocycles. The topological polar surface area (TPSA) is 17.8 Å². The van der Waals surface area contributed by atoms with Crippen LogP contribution in [0.3, 0.4) is 0 Å². The Kier molecular flexibility index (Phi) is 10.1. The van der Waals surface area contributed by atoms with Crippen molar-refractivity contribution in [3.63, 3.8) is 0 Å². The lowest BCUT2D eigenvalue weighted by molar-refractivity contribution is 0.368. The van der Waals surface area contributed by atoms with Crippen LogP contribution >= 0.6 is 0 Å². The number of hydrogen-bond donors (Lipinski definition) is 0. The van der Waals surface area contributed by atoms with E-state index in [-0.39, 0.29) is 0 Å². The molecule has 0 saturated heterocycles. The zero-order valence-electron chi connectivity index (χ0n) is 11.3. The number of rotatable bonds is 3. The molecule has 0 amide bonds. The molecule has 0 N–H and O–H groups in total. The second kappa shape index (κ2) is 11.1. The molecule has 112 valence electrons. The molecule has 0 spiro atoms. The van der Waals surface area contributed by atoms with Crippen molar-refractivity contribution in [2.75, 3.05) is 0 Å². The highest BCUT2D eigenvalue weighted by Crippen LogP contribution is 2.06. The first kappa shape index (κ1) is 18.2. The molecule has 0 aliphatic rings. The average molecular weight is 289 g/mol. The van der Waals surface area contributed by atoms with E-state index >= 15 is 0 Å². The van der Waals surface area contributed by atoms with Gasteiger partial charge in [-0.15, -0.1) is 0 Å². The van der Waals surface area contributed by atoms with Crippen molar-refractivity contribution in [1.29, 1.82) is 0 Å². The lowest BCUT2D eigenvalue weighted by atomic mass is 10.3. The molecule has 2 aromatic rings. The first-order valence-electron chi connectivity index (χ1n) is 6.26. The van der Waals surface area contributed by atoms with E-state index < -0.39 is 7.25 Å². The van der Waals surface area contributed by atoms with Crippen molar-refractivity contribution in [3.05, 3.63) is 55.1 Å². The lowest BCUT2D eigenvalue weighted by Crippen LogP contribution is -2.02. The summed E-state index contributed by atoms with van der Waals surface area (Å²) in [5.41, 5.74) is 0. The van der Waals surface area contributed by atoms with E-state index in [4.69, 9.17) is 0 Å². The SMILES string of the molecule is CCCCn1cccc1.F[B-](F)(F)F.c1ccncc1. The molecule has 20 heavy (non-hydrogen) atoms. The molecule has 0 aromatic carbocycles. The van der Waals surface area contributed by atoms with Crippen LogP contribution in [0.1, 0.15) is 19.8 Å². The van der Waals surface area contributed by atoms with Crippen LogP contribution < -0.4 is 0 Å². The number of unbranched alkanes of at least 4 members (excludes halogenated alkanes) is 1. The summed E-state index contributed by atoms with van der Waals surface area (Å²) in [7, 11) is -6.00. The number of halogens is 4. The summed E-state index contributed by atoms with van der Waals surface area (Å²) in [5.74, 6) is 0. The first-order chi connectivity index (χ1) is 9.43. The van der Waals surface area contributed by atoms with Gasteiger partial charge >= 0.3 is 7.25 Å². The number of nitrogens with zero attached hydrogens (tertiary/aromatic N) is 2. The number of aryl methyl sites for hydroxylation is 1. The quantitative estimate of drug-likeness (QED) is 0.593. The van der Waals surface area contributed by atoms with E-state index in [1.807, 2.05) is 18.2 Å². The Morgan fingerprint density at radius 2 is 1.40 bits per heavy atom. The predicted octanol–water partition coefficient (Wildman–Crippen LogP) is 4.67. The average Bonchev–Trinajstić information content (AvgIpc) is 2.90. The van der Waals surface area contributed by atoms with E-state index in [1.54, 1.807) is 12.4 Å². The predicted molar refractivity (Wildman–Crippen MR) is 73.8 cm³/mol. The molecular weight excluding hydrogens is 271 g/mol. The largest absolute Gasteiger partial charge is 0.673 e. The van der Waals surface area contributed by atoms with Crippen LogP contribution in [0.25, 0.3) is 0 Å². The van der Waals surface area contributed by atoms with E-state index in [1.165, 1.54) is 19.4 Å². The van der Waals surface area contributed by atoms with E-state index in [0.717, 1.165) is 0 Å². The van der Waals surface area contributed by atoms with E-state index in [9.17, 15) is 17.3 Å². The van der Waals surface area contributed by atoms with Gasteiger partial charge in [-0.3, -0.25) is 4.98 Å². The lowest BCUT2D eigenvalue weighted by Gasteiger charge is -1.97. The van der Waals surface area contributed by atoms with Crippen molar-refractivity contribution in [2.24, 2.45) is 0 Å². The van der Waals surface area contributed by atoms with Crippen molar-refractivity contribution < 1.29 is 17.3 Å². The molecule has 7 heteroatoms. The fraction of sp³-hybridized carbons (Fsp3) is 0.308. The van der Waals surface area contributed by atoms with Gasteiger partial charge in [0.25, 0.3) is 0 Å². The molecule has 0 saturated carbocycles. The number of aromatic nitrogens is 2. The molecule has 0 aliphatic carbocycles. The second-order valence-corrected chi connectivity index (χ2v) is 3.79. The Labute approximate surface area is 116 Å². The van der Waals surface area contributed by atoms with Crippen LogP contribution in [-0.4, -0.2) is 16.8 Å². The molecule has 0 bridgehead atoms. The zero-order chi connectivity index (χ0) is 15.3. The maximum atomic E-state index is 9.75. The van der Waals surface area contributed by atoms with Gasteiger partial charge in [0, 0.05) is 31.3 Å².